The summed E-state index contributed by atoms with van der Waals surface area (Å²) in [6.07, 6.45) is 8.16. The summed E-state index contributed by atoms with van der Waals surface area (Å²) < 4.78 is 12.6. The molecule has 3 fully saturated rings. The molecule has 1 aliphatic carbocycles. The molecule has 37 heavy (non-hydrogen) atoms. The third-order valence-corrected chi connectivity index (χ3v) is 7.81. The van der Waals surface area contributed by atoms with Crippen LogP contribution >= 0.6 is 0 Å². The molecule has 0 amide bonds. The number of piperazine rings is 1. The van der Waals surface area contributed by atoms with Crippen molar-refractivity contribution in [3.63, 3.8) is 0 Å². The maximum atomic E-state index is 12.6. The van der Waals surface area contributed by atoms with Crippen LogP contribution in [0.15, 0.2) is 34.5 Å². The Kier molecular flexibility index (Phi) is 8.36. The van der Waals surface area contributed by atoms with Gasteiger partial charge in [0.15, 0.2) is 0 Å². The minimum atomic E-state index is -0.279. The number of hydrogen-bond acceptors (Lipinski definition) is 8. The van der Waals surface area contributed by atoms with Crippen LogP contribution in [-0.4, -0.2) is 96.9 Å². The van der Waals surface area contributed by atoms with Gasteiger partial charge in [0.2, 0.25) is 0 Å². The molecule has 10 heteroatoms. The molecule has 3 atom stereocenters. The summed E-state index contributed by atoms with van der Waals surface area (Å²) in [5, 5.41) is 16.3. The Bertz CT molecular complexity index is 989. The Morgan fingerprint density at radius 3 is 2.62 bits per heavy atom. The monoisotopic (exact) mass is 511 g/mol. The van der Waals surface area contributed by atoms with Gasteiger partial charge in [-0.3, -0.25) is 10.4 Å². The van der Waals surface area contributed by atoms with Crippen molar-refractivity contribution in [3.8, 4) is 0 Å². The number of alkyl halides is 1. The van der Waals surface area contributed by atoms with Gasteiger partial charge in [-0.2, -0.15) is 0 Å². The van der Waals surface area contributed by atoms with Crippen LogP contribution in [0.4, 0.5) is 15.9 Å². The normalized spacial score (nSPS) is 27.4. The molecule has 9 nitrogen and oxygen atoms in total. The Morgan fingerprint density at radius 1 is 1.16 bits per heavy atom. The number of rotatable bonds is 9. The van der Waals surface area contributed by atoms with Crippen LogP contribution in [0, 0.1) is 11.3 Å². The maximum absolute atomic E-state index is 12.6. The van der Waals surface area contributed by atoms with Crippen molar-refractivity contribution < 1.29 is 4.39 Å². The summed E-state index contributed by atoms with van der Waals surface area (Å²) in [6, 6.07) is 4.95. The first kappa shape index (κ1) is 26.1. The molecule has 0 radical (unpaired) electrons. The van der Waals surface area contributed by atoms with Crippen molar-refractivity contribution in [1.82, 2.24) is 25.5 Å². The van der Waals surface area contributed by atoms with Gasteiger partial charge in [-0.15, -0.1) is 0 Å². The van der Waals surface area contributed by atoms with Crippen LogP contribution in [0.2, 0.25) is 0 Å². The SMILES string of the molecule is CC1CN(C(=N)C2=C(C3CC3)C=NCC2NNc2ccnc(NC3CCN(CCF)CC3)c2)CC(C)N1. The smallest absolute Gasteiger partial charge is 0.128 e. The van der Waals surface area contributed by atoms with Gasteiger partial charge < -0.3 is 25.9 Å². The van der Waals surface area contributed by atoms with Crippen molar-refractivity contribution in [1.29, 1.82) is 5.41 Å². The van der Waals surface area contributed by atoms with Crippen molar-refractivity contribution in [2.75, 3.05) is 56.7 Å². The van der Waals surface area contributed by atoms with Crippen LogP contribution in [0.5, 0.6) is 0 Å². The summed E-state index contributed by atoms with van der Waals surface area (Å²) >= 11 is 0. The van der Waals surface area contributed by atoms with Gasteiger partial charge in [0.1, 0.15) is 18.3 Å². The number of likely N-dealkylation sites (tertiary alicyclic amines) is 1. The minimum Gasteiger partial charge on any atom is -0.367 e. The van der Waals surface area contributed by atoms with E-state index in [1.807, 2.05) is 24.5 Å². The fourth-order valence-corrected chi connectivity index (χ4v) is 5.82. The van der Waals surface area contributed by atoms with Gasteiger partial charge in [0.05, 0.1) is 18.3 Å². The molecule has 4 heterocycles. The average molecular weight is 512 g/mol. The number of piperidine rings is 1. The number of amidine groups is 1. The van der Waals surface area contributed by atoms with E-state index in [1.54, 1.807) is 0 Å². The fourth-order valence-electron chi connectivity index (χ4n) is 5.82. The predicted molar refractivity (Wildman–Crippen MR) is 148 cm³/mol. The lowest BCUT2D eigenvalue weighted by atomic mass is 9.93. The number of allylic oxidation sites excluding steroid dienone is 1. The van der Waals surface area contributed by atoms with Crippen LogP contribution in [0.3, 0.4) is 0 Å². The fraction of sp³-hybridized carbons (Fsp3) is 0.667. The van der Waals surface area contributed by atoms with Crippen molar-refractivity contribution in [2.24, 2.45) is 10.9 Å². The first-order chi connectivity index (χ1) is 18.0. The second-order valence-electron chi connectivity index (χ2n) is 11.1. The Morgan fingerprint density at radius 2 is 1.92 bits per heavy atom. The van der Waals surface area contributed by atoms with E-state index in [0.717, 1.165) is 56.1 Å². The quantitative estimate of drug-likeness (QED) is 0.197. The lowest BCUT2D eigenvalue weighted by Gasteiger charge is -2.40. The van der Waals surface area contributed by atoms with Crippen LogP contribution in [0.25, 0.3) is 0 Å². The second kappa shape index (κ2) is 11.9. The molecule has 5 N–H and O–H groups in total. The zero-order valence-electron chi connectivity index (χ0n) is 22.1. The largest absolute Gasteiger partial charge is 0.367 e. The summed E-state index contributed by atoms with van der Waals surface area (Å²) in [6.45, 7) is 8.75. The van der Waals surface area contributed by atoms with Gasteiger partial charge in [0.25, 0.3) is 0 Å². The van der Waals surface area contributed by atoms with E-state index >= 15 is 0 Å². The molecule has 0 bridgehead atoms. The third-order valence-electron chi connectivity index (χ3n) is 7.81. The van der Waals surface area contributed by atoms with Gasteiger partial charge in [-0.05, 0) is 57.1 Å². The molecule has 4 aliphatic rings. The predicted octanol–water partition coefficient (Wildman–Crippen LogP) is 2.66. The number of pyridine rings is 1. The van der Waals surface area contributed by atoms with E-state index in [4.69, 9.17) is 0 Å². The Labute approximate surface area is 219 Å². The molecule has 1 aromatic heterocycles. The molecule has 0 aromatic carbocycles. The summed E-state index contributed by atoms with van der Waals surface area (Å²) in [5.74, 6) is 1.99. The molecule has 5 rings (SSSR count). The first-order valence-electron chi connectivity index (χ1n) is 13.9. The zero-order valence-corrected chi connectivity index (χ0v) is 22.1. The van der Waals surface area contributed by atoms with Crippen LogP contribution in [-0.2, 0) is 0 Å². The molecule has 1 aromatic rings. The van der Waals surface area contributed by atoms with Gasteiger partial charge in [-0.1, -0.05) is 0 Å². The number of anilines is 2. The topological polar surface area (TPSA) is 104 Å². The summed E-state index contributed by atoms with van der Waals surface area (Å²) in [4.78, 5) is 13.6. The number of halogens is 1. The molecule has 202 valence electrons. The number of dihydropyridines is 1. The number of nitrogens with one attached hydrogen (secondary N) is 5. The first-order valence-corrected chi connectivity index (χ1v) is 13.9. The van der Waals surface area contributed by atoms with E-state index in [-0.39, 0.29) is 12.7 Å². The second-order valence-corrected chi connectivity index (χ2v) is 11.1. The number of nitrogens with zero attached hydrogens (tertiary/aromatic N) is 4. The van der Waals surface area contributed by atoms with Crippen molar-refractivity contribution in [3.05, 3.63) is 29.5 Å². The van der Waals surface area contributed by atoms with Crippen LogP contribution in [0.1, 0.15) is 39.5 Å². The van der Waals surface area contributed by atoms with E-state index in [9.17, 15) is 9.80 Å². The standard InChI is InChI=1S/C27H42FN9/c1-18-16-37(17-19(2)32-18)27(29)26-23(20-3-4-20)14-30-15-24(26)35-34-22-5-9-31-25(13-22)33-21-6-10-36(11-7-21)12-8-28/h5,9,13-14,18-21,24,29,32,35H,3-4,6-8,10-12,15-17H2,1-2H3,(H2,31,33,34). The minimum absolute atomic E-state index is 0.0713. The van der Waals surface area contributed by atoms with E-state index in [0.29, 0.717) is 43.0 Å². The number of aromatic nitrogens is 1. The third kappa shape index (κ3) is 6.66. The molecule has 3 aliphatic heterocycles. The number of hydrogen-bond donors (Lipinski definition) is 5. The van der Waals surface area contributed by atoms with E-state index in [1.165, 1.54) is 18.4 Å². The number of hydrazine groups is 1. The molecule has 1 saturated carbocycles. The highest BCUT2D eigenvalue weighted by Gasteiger charge is 2.36. The maximum Gasteiger partial charge on any atom is 0.128 e. The molecule has 0 spiro atoms. The lowest BCUT2D eigenvalue weighted by molar-refractivity contribution is 0.202. The van der Waals surface area contributed by atoms with Gasteiger partial charge in [0, 0.05) is 74.9 Å². The van der Waals surface area contributed by atoms with Gasteiger partial charge >= 0.3 is 0 Å². The highest BCUT2D eigenvalue weighted by atomic mass is 19.1. The van der Waals surface area contributed by atoms with Crippen LogP contribution < -0.4 is 21.5 Å². The average Bonchev–Trinajstić information content (AvgIpc) is 3.73. The van der Waals surface area contributed by atoms with Crippen molar-refractivity contribution in [2.45, 2.75) is 63.7 Å². The summed E-state index contributed by atoms with van der Waals surface area (Å²) in [5.41, 5.74) is 10.1. The van der Waals surface area contributed by atoms with Gasteiger partial charge in [-0.25, -0.2) is 14.8 Å². The Balaban J connectivity index is 1.23. The Hall–Kier alpha value is -2.56. The molecular formula is C27H42FN9. The van der Waals surface area contributed by atoms with Crippen molar-refractivity contribution >= 4 is 23.6 Å². The lowest BCUT2D eigenvalue weighted by Crippen LogP contribution is -2.57. The number of aliphatic imine (C=N–C) groups is 1. The zero-order chi connectivity index (χ0) is 25.8. The summed E-state index contributed by atoms with van der Waals surface area (Å²) in [7, 11) is 0. The molecular weight excluding hydrogens is 469 g/mol. The molecule has 2 saturated heterocycles. The molecule has 3 unspecified atom stereocenters. The highest BCUT2D eigenvalue weighted by molar-refractivity contribution is 6.04. The van der Waals surface area contributed by atoms with E-state index in [2.05, 4.69) is 55.1 Å². The highest BCUT2D eigenvalue weighted by Crippen LogP contribution is 2.39. The van der Waals surface area contributed by atoms with E-state index < -0.39 is 0 Å².